The van der Waals surface area contributed by atoms with Gasteiger partial charge in [0.15, 0.2) is 0 Å². The number of amides is 2. The first-order valence-corrected chi connectivity index (χ1v) is 13.9. The smallest absolute Gasteiger partial charge is 0.304 e. The first-order chi connectivity index (χ1) is 18.2. The molecule has 9 heteroatoms. The van der Waals surface area contributed by atoms with E-state index >= 15 is 0 Å². The summed E-state index contributed by atoms with van der Waals surface area (Å²) in [5.74, 6) is -1.39. The number of carboxylic acid groups (broad SMARTS) is 1. The lowest BCUT2D eigenvalue weighted by Gasteiger charge is -2.46. The zero-order chi connectivity index (χ0) is 27.7. The standard InChI is InChI=1S/C23H32ClN3O4.C6H5Cl/c1-3-20(15-25-10-12-26(13-11-25)16(2)28)27-21(17-4-7-19(24)8-5-17)9-6-18(23(27)31)14-22(29)30;7-6-4-2-1-3-5-6/h4-5,7-8,18,20-21H,3,6,9-15H2,1-2H3,(H,29,30);1-5H. The predicted molar refractivity (Wildman–Crippen MR) is 150 cm³/mol. The molecular weight excluding hydrogens is 525 g/mol. The Kier molecular flexibility index (Phi) is 11.4. The molecule has 2 saturated heterocycles. The molecule has 3 atom stereocenters. The Morgan fingerprint density at radius 1 is 0.947 bits per heavy atom. The van der Waals surface area contributed by atoms with E-state index in [4.69, 9.17) is 23.2 Å². The van der Waals surface area contributed by atoms with Crippen LogP contribution in [0.25, 0.3) is 0 Å². The number of carboxylic acids is 1. The van der Waals surface area contributed by atoms with Crippen LogP contribution >= 0.6 is 23.2 Å². The van der Waals surface area contributed by atoms with Gasteiger partial charge in [-0.15, -0.1) is 0 Å². The van der Waals surface area contributed by atoms with Gasteiger partial charge in [-0.05, 0) is 49.1 Å². The van der Waals surface area contributed by atoms with E-state index in [1.54, 1.807) is 6.92 Å². The first-order valence-electron chi connectivity index (χ1n) is 13.2. The number of piperidine rings is 1. The lowest BCUT2D eigenvalue weighted by atomic mass is 9.85. The van der Waals surface area contributed by atoms with Crippen molar-refractivity contribution in [2.75, 3.05) is 32.7 Å². The summed E-state index contributed by atoms with van der Waals surface area (Å²) in [5, 5.41) is 10.7. The lowest BCUT2D eigenvalue weighted by molar-refractivity contribution is -0.152. The van der Waals surface area contributed by atoms with E-state index in [0.29, 0.717) is 24.5 Å². The molecule has 206 valence electrons. The van der Waals surface area contributed by atoms with Crippen LogP contribution in [0, 0.1) is 5.92 Å². The maximum absolute atomic E-state index is 13.5. The van der Waals surface area contributed by atoms with Gasteiger partial charge in [0.2, 0.25) is 11.8 Å². The molecule has 4 rings (SSSR count). The lowest BCUT2D eigenvalue weighted by Crippen LogP contribution is -2.55. The molecule has 0 aromatic heterocycles. The molecule has 0 aliphatic carbocycles. The first kappa shape index (κ1) is 29.9. The summed E-state index contributed by atoms with van der Waals surface area (Å²) in [5.41, 5.74) is 1.03. The van der Waals surface area contributed by atoms with Crippen molar-refractivity contribution in [2.24, 2.45) is 5.92 Å². The van der Waals surface area contributed by atoms with Gasteiger partial charge in [0.25, 0.3) is 0 Å². The van der Waals surface area contributed by atoms with Crippen LogP contribution in [-0.4, -0.2) is 76.4 Å². The largest absolute Gasteiger partial charge is 0.481 e. The number of aliphatic carboxylic acids is 1. The Labute approximate surface area is 235 Å². The van der Waals surface area contributed by atoms with Crippen molar-refractivity contribution in [2.45, 2.75) is 51.6 Å². The monoisotopic (exact) mass is 561 g/mol. The van der Waals surface area contributed by atoms with Crippen LogP contribution in [0.2, 0.25) is 10.0 Å². The van der Waals surface area contributed by atoms with Gasteiger partial charge in [0.1, 0.15) is 0 Å². The molecule has 2 aliphatic heterocycles. The Morgan fingerprint density at radius 3 is 2.05 bits per heavy atom. The number of benzene rings is 2. The average Bonchev–Trinajstić information content (AvgIpc) is 2.90. The van der Waals surface area contributed by atoms with E-state index < -0.39 is 11.9 Å². The van der Waals surface area contributed by atoms with Crippen LogP contribution in [0.1, 0.15) is 51.1 Å². The number of hydrogen-bond acceptors (Lipinski definition) is 4. The van der Waals surface area contributed by atoms with Gasteiger partial charge >= 0.3 is 5.97 Å². The van der Waals surface area contributed by atoms with Gasteiger partial charge in [-0.1, -0.05) is 60.5 Å². The summed E-state index contributed by atoms with van der Waals surface area (Å²) in [6, 6.07) is 16.9. The minimum atomic E-state index is -0.934. The zero-order valence-electron chi connectivity index (χ0n) is 22.1. The van der Waals surface area contributed by atoms with E-state index in [1.807, 2.05) is 64.4 Å². The van der Waals surface area contributed by atoms with Crippen molar-refractivity contribution < 1.29 is 19.5 Å². The molecule has 0 spiro atoms. The van der Waals surface area contributed by atoms with Crippen molar-refractivity contribution in [3.8, 4) is 0 Å². The Bertz CT molecular complexity index is 1060. The molecule has 2 aromatic carbocycles. The predicted octanol–water partition coefficient (Wildman–Crippen LogP) is 5.38. The van der Waals surface area contributed by atoms with Crippen LogP contribution in [0.3, 0.4) is 0 Å². The van der Waals surface area contributed by atoms with E-state index in [0.717, 1.165) is 43.1 Å². The minimum absolute atomic E-state index is 0.0198. The molecule has 2 aromatic rings. The summed E-state index contributed by atoms with van der Waals surface area (Å²) in [6.45, 7) is 7.34. The molecule has 2 heterocycles. The number of nitrogens with zero attached hydrogens (tertiary/aromatic N) is 3. The third-order valence-corrected chi connectivity index (χ3v) is 7.79. The quantitative estimate of drug-likeness (QED) is 0.491. The molecule has 38 heavy (non-hydrogen) atoms. The second-order valence-corrected chi connectivity index (χ2v) is 10.7. The highest BCUT2D eigenvalue weighted by Crippen LogP contribution is 2.38. The summed E-state index contributed by atoms with van der Waals surface area (Å²) < 4.78 is 0. The second kappa shape index (κ2) is 14.5. The molecule has 2 amide bonds. The minimum Gasteiger partial charge on any atom is -0.481 e. The highest BCUT2D eigenvalue weighted by atomic mass is 35.5. The van der Waals surface area contributed by atoms with Gasteiger partial charge in [0, 0.05) is 61.7 Å². The highest BCUT2D eigenvalue weighted by molar-refractivity contribution is 6.30. The van der Waals surface area contributed by atoms with Gasteiger partial charge in [-0.2, -0.15) is 0 Å². The van der Waals surface area contributed by atoms with Gasteiger partial charge < -0.3 is 14.9 Å². The Balaban J connectivity index is 0.000000494. The van der Waals surface area contributed by atoms with E-state index in [2.05, 4.69) is 11.8 Å². The Morgan fingerprint density at radius 2 is 1.55 bits per heavy atom. The summed E-state index contributed by atoms with van der Waals surface area (Å²) in [4.78, 5) is 42.5. The maximum Gasteiger partial charge on any atom is 0.304 e. The Hall–Kier alpha value is -2.61. The van der Waals surface area contributed by atoms with Crippen LogP contribution in [0.5, 0.6) is 0 Å². The van der Waals surface area contributed by atoms with Crippen molar-refractivity contribution in [3.63, 3.8) is 0 Å². The van der Waals surface area contributed by atoms with Crippen molar-refractivity contribution in [1.82, 2.24) is 14.7 Å². The van der Waals surface area contributed by atoms with E-state index in [-0.39, 0.29) is 30.3 Å². The molecular formula is C29H37Cl2N3O4. The van der Waals surface area contributed by atoms with Crippen LogP contribution < -0.4 is 0 Å². The molecule has 7 nitrogen and oxygen atoms in total. The third kappa shape index (κ3) is 8.45. The van der Waals surface area contributed by atoms with E-state index in [1.165, 1.54) is 0 Å². The number of carbonyl (C=O) groups excluding carboxylic acids is 2. The summed E-state index contributed by atoms with van der Waals surface area (Å²) in [7, 11) is 0. The summed E-state index contributed by atoms with van der Waals surface area (Å²) >= 11 is 11.6. The van der Waals surface area contributed by atoms with Crippen molar-refractivity contribution in [3.05, 3.63) is 70.2 Å². The summed E-state index contributed by atoms with van der Waals surface area (Å²) in [6.07, 6.45) is 1.96. The SMILES string of the molecule is CCC(CN1CCN(C(C)=O)CC1)N1C(=O)C(CC(=O)O)CCC1c1ccc(Cl)cc1.Clc1ccccc1. The molecule has 0 bridgehead atoms. The molecule has 2 aliphatic rings. The number of piperazine rings is 1. The van der Waals surface area contributed by atoms with E-state index in [9.17, 15) is 19.5 Å². The molecule has 0 radical (unpaired) electrons. The fourth-order valence-electron chi connectivity index (χ4n) is 5.20. The topological polar surface area (TPSA) is 81.2 Å². The second-order valence-electron chi connectivity index (χ2n) is 9.85. The number of hydrogen-bond donors (Lipinski definition) is 1. The van der Waals surface area contributed by atoms with Crippen LogP contribution in [-0.2, 0) is 14.4 Å². The van der Waals surface area contributed by atoms with Gasteiger partial charge in [-0.3, -0.25) is 19.3 Å². The number of likely N-dealkylation sites (tertiary alicyclic amines) is 1. The third-order valence-electron chi connectivity index (χ3n) is 7.29. The van der Waals surface area contributed by atoms with Crippen molar-refractivity contribution in [1.29, 1.82) is 0 Å². The number of carbonyl (C=O) groups is 3. The molecule has 1 N–H and O–H groups in total. The molecule has 0 saturated carbocycles. The zero-order valence-corrected chi connectivity index (χ0v) is 23.6. The fourth-order valence-corrected chi connectivity index (χ4v) is 5.48. The van der Waals surface area contributed by atoms with Crippen LogP contribution in [0.15, 0.2) is 54.6 Å². The van der Waals surface area contributed by atoms with Crippen molar-refractivity contribution >= 4 is 41.0 Å². The normalized spacial score (nSPS) is 20.9. The van der Waals surface area contributed by atoms with Gasteiger partial charge in [-0.25, -0.2) is 0 Å². The average molecular weight is 563 g/mol. The fraction of sp³-hybridized carbons (Fsp3) is 0.483. The molecule has 2 fully saturated rings. The maximum atomic E-state index is 13.5. The highest BCUT2D eigenvalue weighted by Gasteiger charge is 2.40. The van der Waals surface area contributed by atoms with Crippen LogP contribution in [0.4, 0.5) is 0 Å². The number of halogens is 2. The van der Waals surface area contributed by atoms with Gasteiger partial charge in [0.05, 0.1) is 12.5 Å². The number of rotatable bonds is 7. The molecule has 3 unspecified atom stereocenters.